The average Bonchev–Trinajstić information content (AvgIpc) is 3.15. The van der Waals surface area contributed by atoms with E-state index in [2.05, 4.69) is 20.4 Å². The van der Waals surface area contributed by atoms with E-state index in [-0.39, 0.29) is 24.7 Å². The molecule has 0 radical (unpaired) electrons. The molecule has 2 aromatic heterocycles. The lowest BCUT2D eigenvalue weighted by Gasteiger charge is -2.02. The van der Waals surface area contributed by atoms with Gasteiger partial charge in [-0.2, -0.15) is 11.3 Å². The van der Waals surface area contributed by atoms with Gasteiger partial charge in [0.15, 0.2) is 0 Å². The van der Waals surface area contributed by atoms with Crippen molar-refractivity contribution in [3.05, 3.63) is 28.7 Å². The van der Waals surface area contributed by atoms with Crippen LogP contribution in [0.1, 0.15) is 25.0 Å². The van der Waals surface area contributed by atoms with E-state index in [1.807, 2.05) is 16.8 Å². The first-order chi connectivity index (χ1) is 10.2. The molecule has 0 saturated carbocycles. The van der Waals surface area contributed by atoms with Crippen LogP contribution in [-0.2, 0) is 20.9 Å². The molecule has 8 heteroatoms. The lowest BCUT2D eigenvalue weighted by Crippen LogP contribution is -2.22. The van der Waals surface area contributed by atoms with Crippen LogP contribution in [-0.4, -0.2) is 34.0 Å². The van der Waals surface area contributed by atoms with Crippen LogP contribution in [0.3, 0.4) is 0 Å². The van der Waals surface area contributed by atoms with E-state index in [9.17, 15) is 9.59 Å². The van der Waals surface area contributed by atoms with Crippen LogP contribution >= 0.6 is 11.3 Å². The van der Waals surface area contributed by atoms with Crippen LogP contribution in [0.25, 0.3) is 5.69 Å². The van der Waals surface area contributed by atoms with Crippen molar-refractivity contribution < 1.29 is 14.3 Å². The molecular weight excluding hydrogens is 292 g/mol. The molecule has 0 bridgehead atoms. The Morgan fingerprint density at radius 1 is 1.43 bits per heavy atom. The van der Waals surface area contributed by atoms with Gasteiger partial charge in [-0.3, -0.25) is 9.59 Å². The van der Waals surface area contributed by atoms with Crippen molar-refractivity contribution in [1.82, 2.24) is 20.3 Å². The monoisotopic (exact) mass is 308 g/mol. The number of rotatable bonds is 7. The molecule has 0 atom stereocenters. The fraction of sp³-hybridized carbons (Fsp3) is 0.385. The third kappa shape index (κ3) is 4.67. The second-order valence-corrected chi connectivity index (χ2v) is 5.12. The number of nitrogens with zero attached hydrogens (tertiary/aromatic N) is 3. The van der Waals surface area contributed by atoms with Crippen molar-refractivity contribution in [1.29, 1.82) is 0 Å². The molecule has 2 aromatic rings. The molecule has 112 valence electrons. The normalized spacial score (nSPS) is 10.3. The quantitative estimate of drug-likeness (QED) is 0.779. The summed E-state index contributed by atoms with van der Waals surface area (Å²) in [5.41, 5.74) is 1.63. The highest BCUT2D eigenvalue weighted by Crippen LogP contribution is 2.10. The number of esters is 1. The number of carbonyl (C=O) groups is 2. The predicted molar refractivity (Wildman–Crippen MR) is 76.9 cm³/mol. The van der Waals surface area contributed by atoms with Crippen molar-refractivity contribution >= 4 is 23.2 Å². The van der Waals surface area contributed by atoms with Gasteiger partial charge in [0.05, 0.1) is 25.5 Å². The van der Waals surface area contributed by atoms with E-state index < -0.39 is 0 Å². The van der Waals surface area contributed by atoms with E-state index in [4.69, 9.17) is 0 Å². The van der Waals surface area contributed by atoms with Gasteiger partial charge in [-0.15, -0.1) is 5.10 Å². The number of hydrogen-bond acceptors (Lipinski definition) is 6. The van der Waals surface area contributed by atoms with Crippen molar-refractivity contribution in [2.75, 3.05) is 7.11 Å². The zero-order valence-corrected chi connectivity index (χ0v) is 12.4. The highest BCUT2D eigenvalue weighted by Gasteiger charge is 2.07. The summed E-state index contributed by atoms with van der Waals surface area (Å²) >= 11 is 1.58. The molecule has 2 rings (SSSR count). The second kappa shape index (κ2) is 7.53. The molecule has 7 nitrogen and oxygen atoms in total. The highest BCUT2D eigenvalue weighted by atomic mass is 32.1. The number of ether oxygens (including phenoxy) is 1. The number of methoxy groups -OCH3 is 1. The third-order valence-electron chi connectivity index (χ3n) is 2.79. The Balaban J connectivity index is 1.73. The van der Waals surface area contributed by atoms with Gasteiger partial charge in [0.1, 0.15) is 5.69 Å². The Morgan fingerprint density at radius 2 is 2.29 bits per heavy atom. The minimum atomic E-state index is -0.304. The Labute approximate surface area is 125 Å². The first-order valence-corrected chi connectivity index (χ1v) is 7.40. The lowest BCUT2D eigenvalue weighted by atomic mass is 10.2. The smallest absolute Gasteiger partial charge is 0.305 e. The summed E-state index contributed by atoms with van der Waals surface area (Å²) in [6.07, 6.45) is 2.78. The molecular formula is C13H16N4O3S. The number of hydrogen-bond donors (Lipinski definition) is 1. The van der Waals surface area contributed by atoms with Crippen LogP contribution in [0, 0.1) is 0 Å². The summed E-state index contributed by atoms with van der Waals surface area (Å²) < 4.78 is 6.17. The number of carbonyl (C=O) groups excluding carboxylic acids is 2. The molecule has 0 aliphatic carbocycles. The molecule has 0 fully saturated rings. The van der Waals surface area contributed by atoms with Crippen LogP contribution in [0.5, 0.6) is 0 Å². The van der Waals surface area contributed by atoms with Crippen molar-refractivity contribution in [3.63, 3.8) is 0 Å². The fourth-order valence-corrected chi connectivity index (χ4v) is 2.29. The maximum absolute atomic E-state index is 11.6. The number of aromatic nitrogens is 3. The van der Waals surface area contributed by atoms with Gasteiger partial charge < -0.3 is 10.1 Å². The number of thiophene rings is 1. The topological polar surface area (TPSA) is 86.1 Å². The van der Waals surface area contributed by atoms with Gasteiger partial charge in [0.2, 0.25) is 5.91 Å². The Hall–Kier alpha value is -2.22. The SMILES string of the molecule is COC(=O)CCCC(=O)NCc1cn(-c2ccsc2)nn1. The molecule has 0 spiro atoms. The van der Waals surface area contributed by atoms with Crippen molar-refractivity contribution in [2.24, 2.45) is 0 Å². The summed E-state index contributed by atoms with van der Waals surface area (Å²) in [5, 5.41) is 14.7. The van der Waals surface area contributed by atoms with Gasteiger partial charge in [-0.25, -0.2) is 4.68 Å². The zero-order chi connectivity index (χ0) is 15.1. The number of amides is 1. The summed E-state index contributed by atoms with van der Waals surface area (Å²) in [6.45, 7) is 0.321. The first-order valence-electron chi connectivity index (χ1n) is 6.46. The molecule has 2 heterocycles. The van der Waals surface area contributed by atoms with Crippen LogP contribution in [0.2, 0.25) is 0 Å². The number of nitrogens with one attached hydrogen (secondary N) is 1. The molecule has 0 aliphatic heterocycles. The Kier molecular flexibility index (Phi) is 5.44. The minimum Gasteiger partial charge on any atom is -0.469 e. The minimum absolute atomic E-state index is 0.121. The summed E-state index contributed by atoms with van der Waals surface area (Å²) in [6, 6.07) is 1.94. The second-order valence-electron chi connectivity index (χ2n) is 4.34. The highest BCUT2D eigenvalue weighted by molar-refractivity contribution is 7.08. The van der Waals surface area contributed by atoms with Gasteiger partial charge in [-0.1, -0.05) is 5.21 Å². The van der Waals surface area contributed by atoms with Crippen molar-refractivity contribution in [2.45, 2.75) is 25.8 Å². The largest absolute Gasteiger partial charge is 0.469 e. The summed E-state index contributed by atoms with van der Waals surface area (Å²) in [5.74, 6) is -0.425. The van der Waals surface area contributed by atoms with Gasteiger partial charge in [0, 0.05) is 18.2 Å². The van der Waals surface area contributed by atoms with Crippen LogP contribution < -0.4 is 5.32 Å². The Bertz CT molecular complexity index is 594. The maximum Gasteiger partial charge on any atom is 0.305 e. The molecule has 1 amide bonds. The van der Waals surface area contributed by atoms with Crippen molar-refractivity contribution in [3.8, 4) is 5.69 Å². The maximum atomic E-state index is 11.6. The predicted octanol–water partition coefficient (Wildman–Crippen LogP) is 1.29. The first kappa shape index (κ1) is 15.2. The van der Waals surface area contributed by atoms with E-state index >= 15 is 0 Å². The molecule has 0 saturated heterocycles. The zero-order valence-electron chi connectivity index (χ0n) is 11.6. The van der Waals surface area contributed by atoms with E-state index in [0.29, 0.717) is 18.7 Å². The van der Waals surface area contributed by atoms with Gasteiger partial charge in [-0.05, 0) is 17.9 Å². The van der Waals surface area contributed by atoms with Gasteiger partial charge in [0.25, 0.3) is 0 Å². The fourth-order valence-electron chi connectivity index (χ4n) is 1.67. The van der Waals surface area contributed by atoms with Crippen LogP contribution in [0.15, 0.2) is 23.0 Å². The van der Waals surface area contributed by atoms with E-state index in [1.165, 1.54) is 7.11 Å². The molecule has 1 N–H and O–H groups in total. The average molecular weight is 308 g/mol. The van der Waals surface area contributed by atoms with Crippen LogP contribution in [0.4, 0.5) is 0 Å². The molecule has 0 unspecified atom stereocenters. The van der Waals surface area contributed by atoms with Gasteiger partial charge >= 0.3 is 5.97 Å². The van der Waals surface area contributed by atoms with E-state index in [1.54, 1.807) is 22.2 Å². The van der Waals surface area contributed by atoms with E-state index in [0.717, 1.165) is 5.69 Å². The molecule has 21 heavy (non-hydrogen) atoms. The molecule has 0 aromatic carbocycles. The Morgan fingerprint density at radius 3 is 3.00 bits per heavy atom. The lowest BCUT2D eigenvalue weighted by molar-refractivity contribution is -0.140. The standard InChI is InChI=1S/C13H16N4O3S/c1-20-13(19)4-2-3-12(18)14-7-10-8-17(16-15-10)11-5-6-21-9-11/h5-6,8-9H,2-4,7H2,1H3,(H,14,18). The summed E-state index contributed by atoms with van der Waals surface area (Å²) in [4.78, 5) is 22.5. The molecule has 0 aliphatic rings. The summed E-state index contributed by atoms with van der Waals surface area (Å²) in [7, 11) is 1.33. The third-order valence-corrected chi connectivity index (χ3v) is 3.46.